The average molecular weight is 388 g/mol. The van der Waals surface area contributed by atoms with E-state index < -0.39 is 0 Å². The van der Waals surface area contributed by atoms with Crippen LogP contribution in [0, 0.1) is 6.92 Å². The van der Waals surface area contributed by atoms with Gasteiger partial charge in [0.25, 0.3) is 0 Å². The zero-order chi connectivity index (χ0) is 19.6. The fraction of sp³-hybridized carbons (Fsp3) is 0.565. The van der Waals surface area contributed by atoms with Gasteiger partial charge in [0.05, 0.1) is 11.4 Å². The molecule has 27 heavy (non-hydrogen) atoms. The van der Waals surface area contributed by atoms with Gasteiger partial charge in [0.15, 0.2) is 0 Å². The van der Waals surface area contributed by atoms with Crippen molar-refractivity contribution in [2.45, 2.75) is 52.4 Å². The van der Waals surface area contributed by atoms with Gasteiger partial charge in [0.2, 0.25) is 0 Å². The fourth-order valence-electron chi connectivity index (χ4n) is 3.49. The van der Waals surface area contributed by atoms with E-state index in [0.717, 1.165) is 19.6 Å². The lowest BCUT2D eigenvalue weighted by atomic mass is 10.1. The molecule has 1 N–H and O–H groups in total. The average Bonchev–Trinajstić information content (AvgIpc) is 2.69. The summed E-state index contributed by atoms with van der Waals surface area (Å²) in [5, 5.41) is 3.43. The van der Waals surface area contributed by atoms with Crippen LogP contribution < -0.4 is 10.2 Å². The quantitative estimate of drug-likeness (QED) is 0.742. The summed E-state index contributed by atoms with van der Waals surface area (Å²) in [5.74, 6) is 0. The molecule has 2 aliphatic heterocycles. The molecule has 0 atom stereocenters. The van der Waals surface area contributed by atoms with Crippen LogP contribution in [0.1, 0.15) is 46.1 Å². The summed E-state index contributed by atoms with van der Waals surface area (Å²) in [7, 11) is 0. The van der Waals surface area contributed by atoms with Crippen molar-refractivity contribution >= 4 is 17.4 Å². The monoisotopic (exact) mass is 387 g/mol. The molecule has 0 aromatic heterocycles. The van der Waals surface area contributed by atoms with E-state index in [-0.39, 0.29) is 0 Å². The summed E-state index contributed by atoms with van der Waals surface area (Å²) >= 11 is 1.90. The highest BCUT2D eigenvalue weighted by molar-refractivity contribution is 8.03. The molecule has 0 bridgehead atoms. The van der Waals surface area contributed by atoms with Crippen LogP contribution >= 0.6 is 11.8 Å². The number of hydrogen-bond donors (Lipinski definition) is 1. The molecule has 0 unspecified atom stereocenters. The SMILES string of the molecule is C/C=C1/Sc2ccc(C)cc2N(CCCN2CCNCC2)/C1=C/C.CCC. The van der Waals surface area contributed by atoms with E-state index in [4.69, 9.17) is 0 Å². The maximum Gasteiger partial charge on any atom is 0.0555 e. The van der Waals surface area contributed by atoms with Gasteiger partial charge in [-0.25, -0.2) is 0 Å². The number of nitrogens with one attached hydrogen (secondary N) is 1. The molecule has 1 fully saturated rings. The Balaban J connectivity index is 0.000000817. The summed E-state index contributed by atoms with van der Waals surface area (Å²) in [6.07, 6.45) is 6.96. The Morgan fingerprint density at radius 2 is 1.78 bits per heavy atom. The zero-order valence-electron chi connectivity index (χ0n) is 17.8. The summed E-state index contributed by atoms with van der Waals surface area (Å²) in [4.78, 5) is 7.85. The van der Waals surface area contributed by atoms with E-state index in [1.165, 1.54) is 59.2 Å². The molecule has 0 saturated carbocycles. The summed E-state index contributed by atoms with van der Waals surface area (Å²) in [6.45, 7) is 17.6. The molecule has 1 saturated heterocycles. The summed E-state index contributed by atoms with van der Waals surface area (Å²) < 4.78 is 0. The lowest BCUT2D eigenvalue weighted by Crippen LogP contribution is -2.44. The third kappa shape index (κ3) is 6.13. The first-order valence-corrected chi connectivity index (χ1v) is 11.3. The van der Waals surface area contributed by atoms with E-state index in [1.807, 2.05) is 11.8 Å². The van der Waals surface area contributed by atoms with Crippen LogP contribution in [-0.2, 0) is 0 Å². The van der Waals surface area contributed by atoms with Crippen molar-refractivity contribution in [2.24, 2.45) is 0 Å². The van der Waals surface area contributed by atoms with Crippen LogP contribution in [0.5, 0.6) is 0 Å². The van der Waals surface area contributed by atoms with Gasteiger partial charge in [0.1, 0.15) is 0 Å². The maximum atomic E-state index is 3.43. The minimum absolute atomic E-state index is 1.08. The predicted molar refractivity (Wildman–Crippen MR) is 122 cm³/mol. The summed E-state index contributed by atoms with van der Waals surface area (Å²) in [6, 6.07) is 6.83. The van der Waals surface area contributed by atoms with Crippen molar-refractivity contribution in [1.82, 2.24) is 10.2 Å². The first kappa shape index (κ1) is 22.1. The van der Waals surface area contributed by atoms with Gasteiger partial charge >= 0.3 is 0 Å². The third-order valence-electron chi connectivity index (χ3n) is 4.77. The van der Waals surface area contributed by atoms with Gasteiger partial charge < -0.3 is 15.1 Å². The number of thioether (sulfide) groups is 1. The number of hydrogen-bond acceptors (Lipinski definition) is 4. The van der Waals surface area contributed by atoms with Gasteiger partial charge in [0, 0.05) is 42.5 Å². The summed E-state index contributed by atoms with van der Waals surface area (Å²) in [5.41, 5.74) is 4.07. The van der Waals surface area contributed by atoms with Crippen LogP contribution in [-0.4, -0.2) is 44.2 Å². The smallest absolute Gasteiger partial charge is 0.0555 e. The van der Waals surface area contributed by atoms with Crippen LogP contribution in [0.4, 0.5) is 5.69 Å². The molecule has 150 valence electrons. The Labute approximate surface area is 170 Å². The Hall–Kier alpha value is -1.23. The van der Waals surface area contributed by atoms with Crippen molar-refractivity contribution in [2.75, 3.05) is 44.2 Å². The topological polar surface area (TPSA) is 18.5 Å². The van der Waals surface area contributed by atoms with Crippen LogP contribution in [0.3, 0.4) is 0 Å². The standard InChI is InChI=1S/C20H29N3S.C3H8/c1-4-17-19(5-2)24-20-8-7-16(3)15-18(20)23(17)12-6-11-22-13-9-21-10-14-22;1-3-2/h4-5,7-8,15,21H,6,9-14H2,1-3H3;3H2,1-2H3/b17-4+,19-5+;. The van der Waals surface area contributed by atoms with Crippen LogP contribution in [0.25, 0.3) is 0 Å². The number of benzene rings is 1. The van der Waals surface area contributed by atoms with Crippen molar-refractivity contribution in [1.29, 1.82) is 0 Å². The molecule has 0 spiro atoms. The first-order valence-electron chi connectivity index (χ1n) is 10.5. The van der Waals surface area contributed by atoms with Gasteiger partial charge in [-0.05, 0) is 51.4 Å². The van der Waals surface area contributed by atoms with Crippen LogP contribution in [0.2, 0.25) is 0 Å². The maximum absolute atomic E-state index is 3.43. The second kappa shape index (κ2) is 11.6. The second-order valence-electron chi connectivity index (χ2n) is 7.20. The van der Waals surface area contributed by atoms with Gasteiger partial charge in [-0.2, -0.15) is 0 Å². The molecule has 1 aromatic carbocycles. The van der Waals surface area contributed by atoms with Crippen molar-refractivity contribution in [3.8, 4) is 0 Å². The molecule has 2 aliphatic rings. The molecular weight excluding hydrogens is 350 g/mol. The molecule has 4 heteroatoms. The Kier molecular flexibility index (Phi) is 9.46. The molecule has 0 radical (unpaired) electrons. The zero-order valence-corrected chi connectivity index (χ0v) is 18.7. The van der Waals surface area contributed by atoms with Crippen molar-refractivity contribution < 1.29 is 0 Å². The van der Waals surface area contributed by atoms with Crippen LogP contribution in [0.15, 0.2) is 45.8 Å². The molecule has 1 aromatic rings. The molecule has 2 heterocycles. The lowest BCUT2D eigenvalue weighted by molar-refractivity contribution is 0.239. The number of anilines is 1. The minimum Gasteiger partial charge on any atom is -0.340 e. The molecule has 0 amide bonds. The Morgan fingerprint density at radius 3 is 2.41 bits per heavy atom. The fourth-order valence-corrected chi connectivity index (χ4v) is 4.59. The molecular formula is C23H37N3S. The van der Waals surface area contributed by atoms with Gasteiger partial charge in [-0.3, -0.25) is 0 Å². The molecule has 3 nitrogen and oxygen atoms in total. The number of rotatable bonds is 4. The number of nitrogens with zero attached hydrogens (tertiary/aromatic N) is 2. The highest BCUT2D eigenvalue weighted by Gasteiger charge is 2.25. The predicted octanol–water partition coefficient (Wildman–Crippen LogP) is 5.43. The van der Waals surface area contributed by atoms with Crippen molar-refractivity contribution in [3.05, 3.63) is 46.5 Å². The van der Waals surface area contributed by atoms with E-state index in [1.54, 1.807) is 0 Å². The van der Waals surface area contributed by atoms with E-state index in [9.17, 15) is 0 Å². The molecule has 3 rings (SSSR count). The highest BCUT2D eigenvalue weighted by Crippen LogP contribution is 2.46. The third-order valence-corrected chi connectivity index (χ3v) is 6.00. The van der Waals surface area contributed by atoms with Crippen molar-refractivity contribution in [3.63, 3.8) is 0 Å². The van der Waals surface area contributed by atoms with Gasteiger partial charge in [-0.15, -0.1) is 0 Å². The minimum atomic E-state index is 1.08. The molecule has 0 aliphatic carbocycles. The lowest BCUT2D eigenvalue weighted by Gasteiger charge is -2.36. The number of aryl methyl sites for hydroxylation is 1. The number of piperazine rings is 1. The van der Waals surface area contributed by atoms with E-state index in [2.05, 4.69) is 80.1 Å². The first-order chi connectivity index (χ1) is 13.1. The number of fused-ring (bicyclic) bond motifs is 1. The second-order valence-corrected chi connectivity index (χ2v) is 8.29. The Morgan fingerprint density at radius 1 is 1.07 bits per heavy atom. The normalized spacial score (nSPS) is 20.4. The van der Waals surface area contributed by atoms with Gasteiger partial charge in [-0.1, -0.05) is 50.2 Å². The van der Waals surface area contributed by atoms with E-state index in [0.29, 0.717) is 0 Å². The van der Waals surface area contributed by atoms with E-state index >= 15 is 0 Å². The highest BCUT2D eigenvalue weighted by atomic mass is 32.2. The largest absolute Gasteiger partial charge is 0.340 e. The number of allylic oxidation sites excluding steroid dienone is 2. The Bertz CT molecular complexity index is 645.